The maximum atomic E-state index is 6.19. The molecule has 0 unspecified atom stereocenters. The summed E-state index contributed by atoms with van der Waals surface area (Å²) in [5, 5.41) is 5.86. The van der Waals surface area contributed by atoms with Crippen LogP contribution in [-0.4, -0.2) is 7.05 Å². The normalized spacial score (nSPS) is 13.7. The van der Waals surface area contributed by atoms with E-state index in [1.165, 1.54) is 5.57 Å². The molecule has 0 aliphatic heterocycles. The zero-order valence-corrected chi connectivity index (χ0v) is 11.1. The molecule has 0 saturated carbocycles. The van der Waals surface area contributed by atoms with Gasteiger partial charge in [0.15, 0.2) is 0 Å². The van der Waals surface area contributed by atoms with Gasteiger partial charge < -0.3 is 5.32 Å². The highest BCUT2D eigenvalue weighted by atomic mass is 35.5. The van der Waals surface area contributed by atoms with Crippen LogP contribution in [0.5, 0.6) is 0 Å². The summed E-state index contributed by atoms with van der Waals surface area (Å²) in [4.78, 5) is 0. The first-order chi connectivity index (χ1) is 7.47. The first kappa shape index (κ1) is 12.9. The third-order valence-electron chi connectivity index (χ3n) is 2.69. The molecule has 0 spiro atoms. The molecule has 0 aliphatic rings. The highest BCUT2D eigenvalue weighted by Gasteiger charge is 1.98. The molecule has 0 saturated heterocycles. The van der Waals surface area contributed by atoms with E-state index < -0.39 is 0 Å². The van der Waals surface area contributed by atoms with Crippen molar-refractivity contribution < 1.29 is 0 Å². The van der Waals surface area contributed by atoms with Gasteiger partial charge in [0, 0.05) is 12.7 Å². The number of benzene rings is 1. The highest BCUT2D eigenvalue weighted by molar-refractivity contribution is 6.31. The average molecular weight is 236 g/mol. The van der Waals surface area contributed by atoms with Crippen LogP contribution in [0.2, 0.25) is 5.02 Å². The smallest absolute Gasteiger partial charge is 0.0507 e. The molecule has 0 fully saturated rings. The van der Waals surface area contributed by atoms with Gasteiger partial charge in [-0.25, -0.2) is 0 Å². The molecule has 86 valence electrons. The Labute approximate surface area is 102 Å². The molecule has 1 N–H and O–H groups in total. The molecule has 0 aromatic heterocycles. The average Bonchev–Trinajstić information content (AvgIpc) is 2.25. The van der Waals surface area contributed by atoms with Crippen LogP contribution >= 0.6 is 11.6 Å². The summed E-state index contributed by atoms with van der Waals surface area (Å²) < 4.78 is 0. The molecule has 0 aliphatic carbocycles. The second-order valence-corrected chi connectivity index (χ2v) is 4.36. The lowest BCUT2D eigenvalue weighted by Crippen LogP contribution is -2.26. The second-order valence-electron chi connectivity index (χ2n) is 3.98. The first-order valence-corrected chi connectivity index (χ1v) is 5.66. The number of aryl methyl sites for hydroxylation is 1. The lowest BCUT2D eigenvalue weighted by molar-refractivity contribution is 0.990. The molecule has 0 radical (unpaired) electrons. The Morgan fingerprint density at radius 1 is 1.38 bits per heavy atom. The first-order valence-electron chi connectivity index (χ1n) is 5.28. The van der Waals surface area contributed by atoms with Crippen molar-refractivity contribution in [3.8, 4) is 0 Å². The van der Waals surface area contributed by atoms with Crippen molar-refractivity contribution >= 4 is 23.8 Å². The van der Waals surface area contributed by atoms with Crippen molar-refractivity contribution in [3.05, 3.63) is 44.9 Å². The highest BCUT2D eigenvalue weighted by Crippen LogP contribution is 2.06. The molecule has 0 atom stereocenters. The van der Waals surface area contributed by atoms with Crippen molar-refractivity contribution in [2.24, 2.45) is 0 Å². The molecule has 1 rings (SSSR count). The number of halogens is 1. The summed E-state index contributed by atoms with van der Waals surface area (Å²) in [6, 6.07) is 4.09. The van der Waals surface area contributed by atoms with Crippen molar-refractivity contribution in [1.29, 1.82) is 0 Å². The van der Waals surface area contributed by atoms with Gasteiger partial charge in [-0.3, -0.25) is 0 Å². The summed E-state index contributed by atoms with van der Waals surface area (Å²) in [5.74, 6) is 0. The summed E-state index contributed by atoms with van der Waals surface area (Å²) in [7, 11) is 1.91. The lowest BCUT2D eigenvalue weighted by Gasteiger charge is -2.03. The molecule has 16 heavy (non-hydrogen) atoms. The standard InChI is InChI=1S/C14H18ClN/c1-9-6-7-13(12(4)14(9)15)10(2)8-11(3)16-5/h6-8,16H,4H2,1-3,5H3/b11-8+,13-10-. The zero-order valence-electron chi connectivity index (χ0n) is 10.3. The van der Waals surface area contributed by atoms with E-state index in [1.807, 2.05) is 27.0 Å². The predicted molar refractivity (Wildman–Crippen MR) is 72.9 cm³/mol. The Bertz CT molecular complexity index is 526. The number of allylic oxidation sites excluding steroid dienone is 2. The van der Waals surface area contributed by atoms with Gasteiger partial charge in [-0.1, -0.05) is 30.3 Å². The van der Waals surface area contributed by atoms with Crippen LogP contribution in [0.3, 0.4) is 0 Å². The minimum atomic E-state index is 0.757. The van der Waals surface area contributed by atoms with Crippen molar-refractivity contribution in [2.45, 2.75) is 20.8 Å². The molecule has 1 aromatic rings. The lowest BCUT2D eigenvalue weighted by atomic mass is 10.1. The fraction of sp³-hybridized carbons (Fsp3) is 0.286. The Balaban J connectivity index is 3.50. The largest absolute Gasteiger partial charge is 0.392 e. The van der Waals surface area contributed by atoms with Gasteiger partial charge in [0.05, 0.1) is 5.02 Å². The maximum absolute atomic E-state index is 6.19. The van der Waals surface area contributed by atoms with E-state index in [4.69, 9.17) is 11.6 Å². The number of hydrogen-bond donors (Lipinski definition) is 1. The summed E-state index contributed by atoms with van der Waals surface area (Å²) in [5.41, 5.74) is 3.35. The Hall–Kier alpha value is -1.21. The van der Waals surface area contributed by atoms with Gasteiger partial charge in [-0.05, 0) is 48.4 Å². The zero-order chi connectivity index (χ0) is 12.3. The maximum Gasteiger partial charge on any atom is 0.0507 e. The Kier molecular flexibility index (Phi) is 4.19. The molecule has 2 heteroatoms. The molecule has 0 amide bonds. The van der Waals surface area contributed by atoms with Gasteiger partial charge in [0.25, 0.3) is 0 Å². The monoisotopic (exact) mass is 235 g/mol. The second kappa shape index (κ2) is 5.22. The van der Waals surface area contributed by atoms with Crippen molar-refractivity contribution in [3.63, 3.8) is 0 Å². The molecular formula is C14H18ClN. The molecule has 1 nitrogen and oxygen atoms in total. The molecule has 0 bridgehead atoms. The summed E-state index contributed by atoms with van der Waals surface area (Å²) in [6.45, 7) is 10.1. The van der Waals surface area contributed by atoms with Crippen LogP contribution in [0.15, 0.2) is 23.9 Å². The number of rotatable bonds is 2. The molecule has 1 aromatic carbocycles. The predicted octanol–water partition coefficient (Wildman–Crippen LogP) is 2.35. The van der Waals surface area contributed by atoms with E-state index in [0.717, 1.165) is 26.7 Å². The van der Waals surface area contributed by atoms with Crippen LogP contribution in [0.4, 0.5) is 0 Å². The van der Waals surface area contributed by atoms with E-state index in [0.29, 0.717) is 0 Å². The summed E-state index contributed by atoms with van der Waals surface area (Å²) >= 11 is 6.19. The van der Waals surface area contributed by atoms with Crippen LogP contribution in [0.1, 0.15) is 19.4 Å². The van der Waals surface area contributed by atoms with E-state index in [2.05, 4.69) is 31.0 Å². The van der Waals surface area contributed by atoms with Crippen LogP contribution in [0.25, 0.3) is 12.2 Å². The van der Waals surface area contributed by atoms with E-state index in [1.54, 1.807) is 0 Å². The summed E-state index contributed by atoms with van der Waals surface area (Å²) in [6.07, 6.45) is 2.09. The SMILES string of the molecule is C=c1c(Cl)c(C)cc/c1=C(C)/C=C(\C)NC. The number of hydrogen-bond acceptors (Lipinski definition) is 1. The van der Waals surface area contributed by atoms with Gasteiger partial charge in [0.1, 0.15) is 0 Å². The van der Waals surface area contributed by atoms with E-state index >= 15 is 0 Å². The van der Waals surface area contributed by atoms with Gasteiger partial charge in [-0.2, -0.15) is 0 Å². The fourth-order valence-electron chi connectivity index (χ4n) is 1.58. The molecular weight excluding hydrogens is 218 g/mol. The number of nitrogens with one attached hydrogen (secondary N) is 1. The van der Waals surface area contributed by atoms with E-state index in [-0.39, 0.29) is 0 Å². The van der Waals surface area contributed by atoms with Gasteiger partial charge in [-0.15, -0.1) is 0 Å². The Morgan fingerprint density at radius 2 is 2.00 bits per heavy atom. The third kappa shape index (κ3) is 2.67. The third-order valence-corrected chi connectivity index (χ3v) is 3.21. The van der Waals surface area contributed by atoms with Crippen LogP contribution in [-0.2, 0) is 0 Å². The fourth-order valence-corrected chi connectivity index (χ4v) is 1.75. The Morgan fingerprint density at radius 3 is 2.56 bits per heavy atom. The van der Waals surface area contributed by atoms with Gasteiger partial charge in [0.2, 0.25) is 0 Å². The van der Waals surface area contributed by atoms with Gasteiger partial charge >= 0.3 is 0 Å². The minimum Gasteiger partial charge on any atom is -0.392 e. The van der Waals surface area contributed by atoms with E-state index in [9.17, 15) is 0 Å². The van der Waals surface area contributed by atoms with Crippen LogP contribution in [0, 0.1) is 6.92 Å². The minimum absolute atomic E-state index is 0.757. The van der Waals surface area contributed by atoms with Crippen molar-refractivity contribution in [2.75, 3.05) is 7.05 Å². The topological polar surface area (TPSA) is 12.0 Å². The molecule has 0 heterocycles. The van der Waals surface area contributed by atoms with Crippen molar-refractivity contribution in [1.82, 2.24) is 5.32 Å². The quantitative estimate of drug-likeness (QED) is 0.830. The van der Waals surface area contributed by atoms with Crippen LogP contribution < -0.4 is 15.8 Å².